The van der Waals surface area contributed by atoms with Crippen molar-refractivity contribution in [2.45, 2.75) is 33.2 Å². The summed E-state index contributed by atoms with van der Waals surface area (Å²) in [5, 5.41) is 8.42. The third kappa shape index (κ3) is 6.66. The van der Waals surface area contributed by atoms with Gasteiger partial charge in [0, 0.05) is 44.8 Å². The second-order valence-electron chi connectivity index (χ2n) is 6.61. The molecule has 0 radical (unpaired) electrons. The van der Waals surface area contributed by atoms with E-state index in [9.17, 15) is 4.79 Å². The number of carbonyl (C=O) groups is 1. The Labute approximate surface area is 154 Å². The average Bonchev–Trinajstić information content (AvgIpc) is 3.07. The van der Waals surface area contributed by atoms with Crippen LogP contribution in [0.5, 0.6) is 0 Å². The minimum absolute atomic E-state index is 0.111. The molecule has 0 saturated carbocycles. The first-order valence-electron chi connectivity index (χ1n) is 8.95. The Hall–Kier alpha value is -1.60. The van der Waals surface area contributed by atoms with Crippen molar-refractivity contribution < 1.29 is 9.53 Å². The van der Waals surface area contributed by atoms with Crippen LogP contribution in [0.2, 0.25) is 0 Å². The number of nitrogens with zero attached hydrogens (tertiary/aromatic N) is 2. The summed E-state index contributed by atoms with van der Waals surface area (Å²) in [5.74, 6) is 1.33. The van der Waals surface area contributed by atoms with E-state index in [1.165, 1.54) is 10.4 Å². The Morgan fingerprint density at radius 1 is 1.44 bits per heavy atom. The summed E-state index contributed by atoms with van der Waals surface area (Å²) in [6, 6.07) is 2.12. The number of thiophene rings is 1. The predicted molar refractivity (Wildman–Crippen MR) is 103 cm³/mol. The molecule has 0 atom stereocenters. The molecule has 7 heteroatoms. The van der Waals surface area contributed by atoms with E-state index < -0.39 is 0 Å². The van der Waals surface area contributed by atoms with Crippen LogP contribution in [0.25, 0.3) is 0 Å². The van der Waals surface area contributed by atoms with Crippen LogP contribution < -0.4 is 10.6 Å². The molecule has 0 aliphatic carbocycles. The molecule has 0 bridgehead atoms. The number of carbonyl (C=O) groups excluding carboxylic acids is 1. The van der Waals surface area contributed by atoms with Gasteiger partial charge in [0.25, 0.3) is 0 Å². The van der Waals surface area contributed by atoms with E-state index >= 15 is 0 Å². The van der Waals surface area contributed by atoms with Crippen molar-refractivity contribution in [2.24, 2.45) is 10.9 Å². The van der Waals surface area contributed by atoms with Crippen LogP contribution in [0.15, 0.2) is 16.4 Å². The third-order valence-electron chi connectivity index (χ3n) is 4.00. The van der Waals surface area contributed by atoms with Crippen LogP contribution in [0.1, 0.15) is 30.7 Å². The monoisotopic (exact) mass is 366 g/mol. The van der Waals surface area contributed by atoms with E-state index in [2.05, 4.69) is 40.9 Å². The van der Waals surface area contributed by atoms with E-state index in [4.69, 9.17) is 4.74 Å². The fourth-order valence-corrected chi connectivity index (χ4v) is 3.54. The predicted octanol–water partition coefficient (Wildman–Crippen LogP) is 1.86. The van der Waals surface area contributed by atoms with E-state index in [1.807, 2.05) is 4.90 Å². The lowest BCUT2D eigenvalue weighted by molar-refractivity contribution is -0.130. The molecule has 1 amide bonds. The van der Waals surface area contributed by atoms with Gasteiger partial charge in [-0.2, -0.15) is 0 Å². The van der Waals surface area contributed by atoms with Gasteiger partial charge in [0.2, 0.25) is 5.91 Å². The Kier molecular flexibility index (Phi) is 8.21. The fourth-order valence-electron chi connectivity index (χ4n) is 2.65. The summed E-state index contributed by atoms with van der Waals surface area (Å²) in [5.41, 5.74) is 1.29. The van der Waals surface area contributed by atoms with Crippen molar-refractivity contribution in [1.82, 2.24) is 15.5 Å². The zero-order chi connectivity index (χ0) is 18.1. The van der Waals surface area contributed by atoms with Crippen LogP contribution in [-0.2, 0) is 22.5 Å². The fraction of sp³-hybridized carbons (Fsp3) is 0.667. The molecule has 0 unspecified atom stereocenters. The highest BCUT2D eigenvalue weighted by molar-refractivity contribution is 7.10. The van der Waals surface area contributed by atoms with E-state index in [0.717, 1.165) is 45.7 Å². The van der Waals surface area contributed by atoms with Crippen LogP contribution in [-0.4, -0.2) is 56.7 Å². The van der Waals surface area contributed by atoms with Gasteiger partial charge >= 0.3 is 0 Å². The lowest BCUT2D eigenvalue weighted by Crippen LogP contribution is -2.46. The second-order valence-corrected chi connectivity index (χ2v) is 7.61. The molecular weight excluding hydrogens is 336 g/mol. The summed E-state index contributed by atoms with van der Waals surface area (Å²) >= 11 is 1.78. The standard InChI is InChI=1S/C18H30N4O2S/c1-14(2)13-24-9-4-7-20-18(19-3)21-11-17(23)22-8-5-16-15(12-22)6-10-25-16/h6,10,14H,4-5,7-9,11-13H2,1-3H3,(H2,19,20,21). The molecule has 2 N–H and O–H groups in total. The smallest absolute Gasteiger partial charge is 0.242 e. The van der Waals surface area contributed by atoms with Crippen molar-refractivity contribution in [3.8, 4) is 0 Å². The topological polar surface area (TPSA) is 66.0 Å². The molecule has 1 aliphatic heterocycles. The highest BCUT2D eigenvalue weighted by Gasteiger charge is 2.21. The number of ether oxygens (including phenoxy) is 1. The molecule has 0 fully saturated rings. The Morgan fingerprint density at radius 3 is 3.04 bits per heavy atom. The maximum absolute atomic E-state index is 12.4. The van der Waals surface area contributed by atoms with Gasteiger partial charge in [-0.05, 0) is 35.8 Å². The quantitative estimate of drug-likeness (QED) is 0.419. The molecule has 6 nitrogen and oxygen atoms in total. The van der Waals surface area contributed by atoms with Gasteiger partial charge in [-0.1, -0.05) is 13.8 Å². The van der Waals surface area contributed by atoms with E-state index in [0.29, 0.717) is 11.9 Å². The minimum atomic E-state index is 0.111. The molecule has 2 rings (SSSR count). The molecule has 0 spiro atoms. The number of hydrogen-bond acceptors (Lipinski definition) is 4. The van der Waals surface area contributed by atoms with Gasteiger partial charge in [0.05, 0.1) is 6.54 Å². The van der Waals surface area contributed by atoms with Crippen molar-refractivity contribution >= 4 is 23.2 Å². The number of rotatable bonds is 8. The molecule has 140 valence electrons. The van der Waals surface area contributed by atoms with Crippen LogP contribution in [0.4, 0.5) is 0 Å². The third-order valence-corrected chi connectivity index (χ3v) is 5.02. The van der Waals surface area contributed by atoms with Crippen molar-refractivity contribution in [2.75, 3.05) is 39.9 Å². The van der Waals surface area contributed by atoms with Crippen LogP contribution >= 0.6 is 11.3 Å². The number of amides is 1. The summed E-state index contributed by atoms with van der Waals surface area (Å²) in [4.78, 5) is 19.9. The first-order valence-corrected chi connectivity index (χ1v) is 9.83. The Morgan fingerprint density at radius 2 is 2.28 bits per heavy atom. The summed E-state index contributed by atoms with van der Waals surface area (Å²) < 4.78 is 5.55. The summed E-state index contributed by atoms with van der Waals surface area (Å²) in [6.45, 7) is 8.37. The number of aliphatic imine (C=N–C) groups is 1. The number of nitrogens with one attached hydrogen (secondary N) is 2. The maximum Gasteiger partial charge on any atom is 0.242 e. The molecule has 1 aliphatic rings. The molecule has 0 saturated heterocycles. The van der Waals surface area contributed by atoms with Gasteiger partial charge < -0.3 is 20.3 Å². The van der Waals surface area contributed by atoms with Crippen molar-refractivity contribution in [1.29, 1.82) is 0 Å². The Bertz CT molecular complexity index is 571. The van der Waals surface area contributed by atoms with Gasteiger partial charge in [-0.25, -0.2) is 0 Å². The summed E-state index contributed by atoms with van der Waals surface area (Å²) in [6.07, 6.45) is 1.87. The first-order chi connectivity index (χ1) is 12.1. The molecule has 0 aromatic carbocycles. The maximum atomic E-state index is 12.4. The van der Waals surface area contributed by atoms with Crippen molar-refractivity contribution in [3.05, 3.63) is 21.9 Å². The number of guanidine groups is 1. The molecule has 1 aromatic heterocycles. The van der Waals surface area contributed by atoms with Gasteiger partial charge in [0.1, 0.15) is 0 Å². The normalized spacial score (nSPS) is 14.6. The SMILES string of the molecule is CN=C(NCCCOCC(C)C)NCC(=O)N1CCc2sccc2C1. The minimum Gasteiger partial charge on any atom is -0.381 e. The molecule has 1 aromatic rings. The van der Waals surface area contributed by atoms with Gasteiger partial charge in [0.15, 0.2) is 5.96 Å². The summed E-state index contributed by atoms with van der Waals surface area (Å²) in [7, 11) is 1.72. The number of fused-ring (bicyclic) bond motifs is 1. The van der Waals surface area contributed by atoms with Crippen LogP contribution in [0, 0.1) is 5.92 Å². The van der Waals surface area contributed by atoms with Gasteiger partial charge in [-0.3, -0.25) is 9.79 Å². The molecule has 2 heterocycles. The average molecular weight is 367 g/mol. The van der Waals surface area contributed by atoms with E-state index in [-0.39, 0.29) is 12.5 Å². The molecular formula is C18H30N4O2S. The largest absolute Gasteiger partial charge is 0.381 e. The van der Waals surface area contributed by atoms with Crippen LogP contribution in [0.3, 0.4) is 0 Å². The Balaban J connectivity index is 1.63. The highest BCUT2D eigenvalue weighted by atomic mass is 32.1. The lowest BCUT2D eigenvalue weighted by atomic mass is 10.1. The van der Waals surface area contributed by atoms with E-state index in [1.54, 1.807) is 18.4 Å². The lowest BCUT2D eigenvalue weighted by Gasteiger charge is -2.27. The van der Waals surface area contributed by atoms with Crippen molar-refractivity contribution in [3.63, 3.8) is 0 Å². The zero-order valence-corrected chi connectivity index (χ0v) is 16.3. The van der Waals surface area contributed by atoms with Gasteiger partial charge in [-0.15, -0.1) is 11.3 Å². The first kappa shape index (κ1) is 19.7. The highest BCUT2D eigenvalue weighted by Crippen LogP contribution is 2.23. The number of hydrogen-bond donors (Lipinski definition) is 2. The second kappa shape index (κ2) is 10.4. The zero-order valence-electron chi connectivity index (χ0n) is 15.5. The molecule has 25 heavy (non-hydrogen) atoms.